The third-order valence-electron chi connectivity index (χ3n) is 3.85. The lowest BCUT2D eigenvalue weighted by atomic mass is 10.1. The van der Waals surface area contributed by atoms with Crippen molar-refractivity contribution in [3.63, 3.8) is 0 Å². The number of hydrogen-bond acceptors (Lipinski definition) is 4. The number of anilines is 1. The number of para-hydroxylation sites is 1. The number of amides is 1. The van der Waals surface area contributed by atoms with E-state index in [4.69, 9.17) is 11.6 Å². The molecule has 0 saturated carbocycles. The SMILES string of the molecule is Cc1cc(C)c(NC(=O)CN(C)Cc2nc3ccccc3s2)c(Cl)c1. The number of aryl methyl sites for hydroxylation is 2. The summed E-state index contributed by atoms with van der Waals surface area (Å²) in [5.41, 5.74) is 3.73. The Morgan fingerprint density at radius 1 is 1.28 bits per heavy atom. The average Bonchev–Trinajstić information content (AvgIpc) is 2.92. The molecule has 1 N–H and O–H groups in total. The minimum atomic E-state index is -0.0857. The van der Waals surface area contributed by atoms with Gasteiger partial charge in [-0.3, -0.25) is 9.69 Å². The Hall–Kier alpha value is -1.95. The summed E-state index contributed by atoms with van der Waals surface area (Å²) in [6.07, 6.45) is 0. The summed E-state index contributed by atoms with van der Waals surface area (Å²) in [5, 5.41) is 4.49. The molecule has 6 heteroatoms. The monoisotopic (exact) mass is 373 g/mol. The molecule has 3 rings (SSSR count). The van der Waals surface area contributed by atoms with Crippen molar-refractivity contribution >= 4 is 44.7 Å². The third-order valence-corrected chi connectivity index (χ3v) is 5.17. The normalized spacial score (nSPS) is 11.2. The fourth-order valence-corrected chi connectivity index (χ4v) is 4.19. The average molecular weight is 374 g/mol. The Morgan fingerprint density at radius 3 is 2.76 bits per heavy atom. The summed E-state index contributed by atoms with van der Waals surface area (Å²) in [6.45, 7) is 4.84. The molecule has 3 aromatic rings. The lowest BCUT2D eigenvalue weighted by Gasteiger charge is -2.16. The van der Waals surface area contributed by atoms with Crippen LogP contribution in [0.2, 0.25) is 5.02 Å². The van der Waals surface area contributed by atoms with Gasteiger partial charge in [-0.25, -0.2) is 4.98 Å². The number of halogens is 1. The first-order valence-electron chi connectivity index (χ1n) is 8.02. The van der Waals surface area contributed by atoms with E-state index < -0.39 is 0 Å². The molecule has 0 aliphatic carbocycles. The van der Waals surface area contributed by atoms with Crippen LogP contribution in [0.1, 0.15) is 16.1 Å². The first kappa shape index (κ1) is 17.9. The summed E-state index contributed by atoms with van der Waals surface area (Å²) in [4.78, 5) is 18.9. The maximum Gasteiger partial charge on any atom is 0.238 e. The van der Waals surface area contributed by atoms with Gasteiger partial charge in [0.1, 0.15) is 5.01 Å². The lowest BCUT2D eigenvalue weighted by molar-refractivity contribution is -0.117. The Morgan fingerprint density at radius 2 is 2.04 bits per heavy atom. The predicted octanol–water partition coefficient (Wildman–Crippen LogP) is 4.64. The second kappa shape index (κ2) is 7.52. The number of fused-ring (bicyclic) bond motifs is 1. The Balaban J connectivity index is 1.62. The fourth-order valence-electron chi connectivity index (χ4n) is 2.77. The van der Waals surface area contributed by atoms with Crippen LogP contribution < -0.4 is 5.32 Å². The van der Waals surface area contributed by atoms with Gasteiger partial charge < -0.3 is 5.32 Å². The van der Waals surface area contributed by atoms with Crippen LogP contribution in [0, 0.1) is 13.8 Å². The van der Waals surface area contributed by atoms with E-state index >= 15 is 0 Å². The van der Waals surface area contributed by atoms with Gasteiger partial charge in [0.2, 0.25) is 5.91 Å². The van der Waals surface area contributed by atoms with Crippen LogP contribution in [0.5, 0.6) is 0 Å². The topological polar surface area (TPSA) is 45.2 Å². The van der Waals surface area contributed by atoms with Crippen LogP contribution >= 0.6 is 22.9 Å². The van der Waals surface area contributed by atoms with Gasteiger partial charge in [-0.1, -0.05) is 29.8 Å². The van der Waals surface area contributed by atoms with Crippen LogP contribution in [0.3, 0.4) is 0 Å². The highest BCUT2D eigenvalue weighted by Crippen LogP contribution is 2.27. The highest BCUT2D eigenvalue weighted by atomic mass is 35.5. The van der Waals surface area contributed by atoms with Crippen molar-refractivity contribution in [2.24, 2.45) is 0 Å². The van der Waals surface area contributed by atoms with Crippen LogP contribution in [-0.2, 0) is 11.3 Å². The van der Waals surface area contributed by atoms with Crippen molar-refractivity contribution < 1.29 is 4.79 Å². The summed E-state index contributed by atoms with van der Waals surface area (Å²) >= 11 is 7.91. The predicted molar refractivity (Wildman–Crippen MR) is 106 cm³/mol. The maximum atomic E-state index is 12.3. The zero-order valence-corrected chi connectivity index (χ0v) is 16.0. The number of hydrogen-bond donors (Lipinski definition) is 1. The summed E-state index contributed by atoms with van der Waals surface area (Å²) < 4.78 is 1.16. The van der Waals surface area contributed by atoms with Gasteiger partial charge in [0.25, 0.3) is 0 Å². The van der Waals surface area contributed by atoms with Crippen LogP contribution in [0.25, 0.3) is 10.2 Å². The van der Waals surface area contributed by atoms with E-state index in [2.05, 4.69) is 16.4 Å². The van der Waals surface area contributed by atoms with Crippen molar-refractivity contribution in [1.29, 1.82) is 0 Å². The molecule has 1 amide bonds. The molecular weight excluding hydrogens is 354 g/mol. The number of rotatable bonds is 5. The second-order valence-electron chi connectivity index (χ2n) is 6.23. The van der Waals surface area contributed by atoms with Crippen molar-refractivity contribution in [1.82, 2.24) is 9.88 Å². The molecule has 25 heavy (non-hydrogen) atoms. The molecule has 0 aliphatic heterocycles. The largest absolute Gasteiger partial charge is 0.323 e. The first-order valence-corrected chi connectivity index (χ1v) is 9.21. The minimum Gasteiger partial charge on any atom is -0.323 e. The maximum absolute atomic E-state index is 12.3. The van der Waals surface area contributed by atoms with Crippen molar-refractivity contribution in [2.75, 3.05) is 18.9 Å². The zero-order valence-electron chi connectivity index (χ0n) is 14.5. The lowest BCUT2D eigenvalue weighted by Crippen LogP contribution is -2.30. The number of thiazole rings is 1. The van der Waals surface area contributed by atoms with Gasteiger partial charge in [-0.15, -0.1) is 11.3 Å². The molecule has 0 bridgehead atoms. The van der Waals surface area contributed by atoms with E-state index in [0.29, 0.717) is 17.3 Å². The van der Waals surface area contributed by atoms with Crippen LogP contribution in [0.15, 0.2) is 36.4 Å². The van der Waals surface area contributed by atoms with Crippen LogP contribution in [0.4, 0.5) is 5.69 Å². The molecule has 0 spiro atoms. The van der Waals surface area contributed by atoms with E-state index in [1.807, 2.05) is 56.1 Å². The smallest absolute Gasteiger partial charge is 0.238 e. The molecule has 0 radical (unpaired) electrons. The van der Waals surface area contributed by atoms with Crippen LogP contribution in [-0.4, -0.2) is 29.4 Å². The van der Waals surface area contributed by atoms with Gasteiger partial charge >= 0.3 is 0 Å². The fraction of sp³-hybridized carbons (Fsp3) is 0.263. The Labute approximate surface area is 156 Å². The Bertz CT molecular complexity index is 866. The van der Waals surface area contributed by atoms with Gasteiger partial charge in [0.15, 0.2) is 0 Å². The van der Waals surface area contributed by atoms with E-state index in [1.165, 1.54) is 0 Å². The molecule has 1 aromatic heterocycles. The second-order valence-corrected chi connectivity index (χ2v) is 7.76. The standard InChI is InChI=1S/C19H20ClN3OS/c1-12-8-13(2)19(14(20)9-12)22-17(24)10-23(3)11-18-21-15-6-4-5-7-16(15)25-18/h4-9H,10-11H2,1-3H3,(H,22,24). The number of nitrogens with zero attached hydrogens (tertiary/aromatic N) is 2. The van der Waals surface area contributed by atoms with E-state index in [9.17, 15) is 4.79 Å². The van der Waals surface area contributed by atoms with Crippen molar-refractivity contribution in [3.05, 3.63) is 57.6 Å². The number of aromatic nitrogens is 1. The molecule has 0 aliphatic rings. The molecule has 0 unspecified atom stereocenters. The number of likely N-dealkylation sites (N-methyl/N-ethyl adjacent to an activating group) is 1. The van der Waals surface area contributed by atoms with Crippen molar-refractivity contribution in [2.45, 2.75) is 20.4 Å². The molecule has 0 saturated heterocycles. The number of carbonyl (C=O) groups is 1. The minimum absolute atomic E-state index is 0.0857. The third kappa shape index (κ3) is 4.37. The van der Waals surface area contributed by atoms with E-state index in [1.54, 1.807) is 11.3 Å². The van der Waals surface area contributed by atoms with Gasteiger partial charge in [-0.2, -0.15) is 0 Å². The number of carbonyl (C=O) groups excluding carboxylic acids is 1. The molecular formula is C19H20ClN3OS. The van der Waals surface area contributed by atoms with E-state index in [0.717, 1.165) is 26.4 Å². The van der Waals surface area contributed by atoms with E-state index in [-0.39, 0.29) is 12.5 Å². The molecule has 0 fully saturated rings. The molecule has 1 heterocycles. The van der Waals surface area contributed by atoms with Gasteiger partial charge in [0, 0.05) is 0 Å². The van der Waals surface area contributed by atoms with Crippen molar-refractivity contribution in [3.8, 4) is 0 Å². The summed E-state index contributed by atoms with van der Waals surface area (Å²) in [5.74, 6) is -0.0857. The Kier molecular flexibility index (Phi) is 5.37. The first-order chi connectivity index (χ1) is 11.9. The molecule has 0 atom stereocenters. The molecule has 4 nitrogen and oxygen atoms in total. The summed E-state index contributed by atoms with van der Waals surface area (Å²) in [7, 11) is 1.91. The molecule has 2 aromatic carbocycles. The highest BCUT2D eigenvalue weighted by molar-refractivity contribution is 7.18. The van der Waals surface area contributed by atoms with Gasteiger partial charge in [-0.05, 0) is 50.2 Å². The van der Waals surface area contributed by atoms with Gasteiger partial charge in [0.05, 0.1) is 34.0 Å². The molecule has 130 valence electrons. The zero-order chi connectivity index (χ0) is 18.0. The number of nitrogens with one attached hydrogen (secondary N) is 1. The number of benzene rings is 2. The quantitative estimate of drug-likeness (QED) is 0.708. The summed E-state index contributed by atoms with van der Waals surface area (Å²) in [6, 6.07) is 11.9. The highest BCUT2D eigenvalue weighted by Gasteiger charge is 2.13.